The van der Waals surface area contributed by atoms with E-state index in [1.54, 1.807) is 4.40 Å². The quantitative estimate of drug-likeness (QED) is 0.884. The zero-order valence-corrected chi connectivity index (χ0v) is 12.4. The molecule has 20 heavy (non-hydrogen) atoms. The lowest BCUT2D eigenvalue weighted by Crippen LogP contribution is -2.48. The minimum absolute atomic E-state index is 0. The highest BCUT2D eigenvalue weighted by Crippen LogP contribution is 2.28. The van der Waals surface area contributed by atoms with Crippen LogP contribution in [0.25, 0.3) is 5.65 Å². The number of amides is 1. The Morgan fingerprint density at radius 2 is 1.95 bits per heavy atom. The van der Waals surface area contributed by atoms with Crippen molar-refractivity contribution in [1.82, 2.24) is 14.6 Å². The van der Waals surface area contributed by atoms with Gasteiger partial charge in [-0.3, -0.25) is 14.5 Å². The summed E-state index contributed by atoms with van der Waals surface area (Å²) in [5.74, 6) is 0.255. The van der Waals surface area contributed by atoms with E-state index in [0.29, 0.717) is 11.6 Å². The molecule has 1 aliphatic carbocycles. The molecule has 2 aromatic heterocycles. The first-order chi connectivity index (χ1) is 8.69. The van der Waals surface area contributed by atoms with Crippen molar-refractivity contribution in [1.29, 1.82) is 0 Å². The highest BCUT2D eigenvalue weighted by Gasteiger charge is 2.37. The minimum atomic E-state index is -0.749. The average molecular weight is 318 g/mol. The van der Waals surface area contributed by atoms with Gasteiger partial charge in [-0.05, 0) is 25.0 Å². The molecular weight excluding hydrogens is 301 g/mol. The normalized spacial score (nSPS) is 16.2. The maximum atomic E-state index is 12.2. The van der Waals surface area contributed by atoms with Gasteiger partial charge in [-0.25, -0.2) is 0 Å². The smallest absolute Gasteiger partial charge is 0.246 e. The zero-order valence-electron chi connectivity index (χ0n) is 10.8. The maximum absolute atomic E-state index is 12.2. The highest BCUT2D eigenvalue weighted by molar-refractivity contribution is 5.97. The first-order valence-electron chi connectivity index (χ1n) is 6.09. The maximum Gasteiger partial charge on any atom is 0.246 e. The van der Waals surface area contributed by atoms with Crippen LogP contribution in [0.15, 0.2) is 24.4 Å². The summed E-state index contributed by atoms with van der Waals surface area (Å²) in [5, 5.41) is 10.7. The molecule has 0 radical (unpaired) electrons. The van der Waals surface area contributed by atoms with Crippen LogP contribution >= 0.6 is 24.8 Å². The van der Waals surface area contributed by atoms with Gasteiger partial charge in [-0.1, -0.05) is 18.9 Å². The van der Waals surface area contributed by atoms with Crippen LogP contribution in [0.4, 0.5) is 5.95 Å². The summed E-state index contributed by atoms with van der Waals surface area (Å²) < 4.78 is 1.73. The summed E-state index contributed by atoms with van der Waals surface area (Å²) in [5.41, 5.74) is 6.04. The van der Waals surface area contributed by atoms with Gasteiger partial charge in [0.25, 0.3) is 0 Å². The second-order valence-corrected chi connectivity index (χ2v) is 4.77. The summed E-state index contributed by atoms with van der Waals surface area (Å²) in [7, 11) is 0. The zero-order chi connectivity index (χ0) is 12.6. The molecule has 6 nitrogen and oxygen atoms in total. The van der Waals surface area contributed by atoms with Crippen molar-refractivity contribution in [3.63, 3.8) is 0 Å². The summed E-state index contributed by atoms with van der Waals surface area (Å²) in [4.78, 5) is 12.2. The Bertz CT molecular complexity index is 594. The lowest BCUT2D eigenvalue weighted by Gasteiger charge is -2.21. The molecule has 3 N–H and O–H groups in total. The van der Waals surface area contributed by atoms with Crippen LogP contribution in [-0.4, -0.2) is 26.0 Å². The largest absolute Gasteiger partial charge is 0.317 e. The van der Waals surface area contributed by atoms with Gasteiger partial charge in [0.05, 0.1) is 5.54 Å². The molecule has 0 aliphatic heterocycles. The fourth-order valence-corrected chi connectivity index (χ4v) is 2.39. The Morgan fingerprint density at radius 1 is 1.25 bits per heavy atom. The Kier molecular flexibility index (Phi) is 5.33. The fourth-order valence-electron chi connectivity index (χ4n) is 2.39. The van der Waals surface area contributed by atoms with Crippen molar-refractivity contribution in [3.8, 4) is 0 Å². The number of nitrogens with two attached hydrogens (primary N) is 1. The molecular formula is C12H17Cl2N5O. The number of carbonyl (C=O) groups is 1. The van der Waals surface area contributed by atoms with Crippen LogP contribution in [0.1, 0.15) is 25.7 Å². The topological polar surface area (TPSA) is 85.3 Å². The average Bonchev–Trinajstić information content (AvgIpc) is 2.98. The molecule has 0 aromatic carbocycles. The van der Waals surface area contributed by atoms with Crippen molar-refractivity contribution in [2.24, 2.45) is 5.73 Å². The number of halogens is 2. The Hall–Kier alpha value is -1.37. The highest BCUT2D eigenvalue weighted by atomic mass is 35.5. The van der Waals surface area contributed by atoms with Gasteiger partial charge in [0, 0.05) is 6.20 Å². The Balaban J connectivity index is 0.000001000. The lowest BCUT2D eigenvalue weighted by molar-refractivity contribution is -0.121. The Morgan fingerprint density at radius 3 is 2.65 bits per heavy atom. The third-order valence-electron chi connectivity index (χ3n) is 3.49. The van der Waals surface area contributed by atoms with E-state index < -0.39 is 5.54 Å². The van der Waals surface area contributed by atoms with Gasteiger partial charge in [0.15, 0.2) is 5.65 Å². The molecule has 1 fully saturated rings. The number of nitrogens with zero attached hydrogens (tertiary/aromatic N) is 3. The number of anilines is 1. The van der Waals surface area contributed by atoms with Gasteiger partial charge >= 0.3 is 0 Å². The van der Waals surface area contributed by atoms with E-state index in [4.69, 9.17) is 5.73 Å². The van der Waals surface area contributed by atoms with Gasteiger partial charge in [-0.15, -0.1) is 35.0 Å². The number of fused-ring (bicyclic) bond motifs is 1. The van der Waals surface area contributed by atoms with E-state index in [0.717, 1.165) is 25.7 Å². The number of pyridine rings is 1. The predicted octanol–water partition coefficient (Wildman–Crippen LogP) is 1.78. The van der Waals surface area contributed by atoms with Crippen LogP contribution in [0, 0.1) is 0 Å². The van der Waals surface area contributed by atoms with E-state index in [9.17, 15) is 4.79 Å². The van der Waals surface area contributed by atoms with Crippen molar-refractivity contribution in [2.45, 2.75) is 31.2 Å². The number of aromatic nitrogens is 3. The number of nitrogens with one attached hydrogen (secondary N) is 1. The number of hydrogen-bond donors (Lipinski definition) is 2. The molecule has 0 saturated heterocycles. The summed E-state index contributed by atoms with van der Waals surface area (Å²) in [6.45, 7) is 0. The second-order valence-electron chi connectivity index (χ2n) is 4.77. The molecule has 1 saturated carbocycles. The number of carbonyl (C=O) groups excluding carboxylic acids is 1. The van der Waals surface area contributed by atoms with Crippen molar-refractivity contribution >= 4 is 42.3 Å². The van der Waals surface area contributed by atoms with E-state index >= 15 is 0 Å². The third-order valence-corrected chi connectivity index (χ3v) is 3.49. The molecule has 0 unspecified atom stereocenters. The molecule has 3 rings (SSSR count). The molecule has 1 aliphatic rings. The molecule has 0 atom stereocenters. The standard InChI is InChI=1S/C12H15N5O.2ClH/c13-12(6-2-3-7-12)10(18)14-11-16-15-9-5-1-4-8-17(9)11;;/h1,4-5,8H,2-3,6-7,13H2,(H,14,16,18);2*1H. The number of hydrogen-bond acceptors (Lipinski definition) is 4. The van der Waals surface area contributed by atoms with E-state index in [1.807, 2.05) is 24.4 Å². The monoisotopic (exact) mass is 317 g/mol. The van der Waals surface area contributed by atoms with Crippen LogP contribution in [-0.2, 0) is 4.79 Å². The van der Waals surface area contributed by atoms with Crippen molar-refractivity contribution < 1.29 is 4.79 Å². The molecule has 0 spiro atoms. The predicted molar refractivity (Wildman–Crippen MR) is 81.5 cm³/mol. The first kappa shape index (κ1) is 16.7. The summed E-state index contributed by atoms with van der Waals surface area (Å²) in [6.07, 6.45) is 5.28. The van der Waals surface area contributed by atoms with E-state index in [2.05, 4.69) is 15.5 Å². The molecule has 110 valence electrons. The SMILES string of the molecule is Cl.Cl.NC1(C(=O)Nc2nnc3ccccn23)CCCC1. The van der Waals surface area contributed by atoms with Crippen molar-refractivity contribution in [3.05, 3.63) is 24.4 Å². The third kappa shape index (κ3) is 2.87. The van der Waals surface area contributed by atoms with Crippen LogP contribution in [0.3, 0.4) is 0 Å². The number of rotatable bonds is 2. The first-order valence-corrected chi connectivity index (χ1v) is 6.09. The molecule has 0 bridgehead atoms. The van der Waals surface area contributed by atoms with Crippen LogP contribution in [0.2, 0.25) is 0 Å². The van der Waals surface area contributed by atoms with Gasteiger partial charge < -0.3 is 5.73 Å². The second kappa shape index (κ2) is 6.39. The van der Waals surface area contributed by atoms with E-state index in [-0.39, 0.29) is 30.7 Å². The summed E-state index contributed by atoms with van der Waals surface area (Å²) >= 11 is 0. The molecule has 1 amide bonds. The summed E-state index contributed by atoms with van der Waals surface area (Å²) in [6, 6.07) is 5.56. The van der Waals surface area contributed by atoms with Crippen molar-refractivity contribution in [2.75, 3.05) is 5.32 Å². The van der Waals surface area contributed by atoms with Crippen LogP contribution in [0.5, 0.6) is 0 Å². The molecule has 2 heterocycles. The van der Waals surface area contributed by atoms with Gasteiger partial charge in [0.2, 0.25) is 11.9 Å². The lowest BCUT2D eigenvalue weighted by atomic mass is 9.98. The minimum Gasteiger partial charge on any atom is -0.317 e. The van der Waals surface area contributed by atoms with Gasteiger partial charge in [-0.2, -0.15) is 0 Å². The van der Waals surface area contributed by atoms with Crippen LogP contribution < -0.4 is 11.1 Å². The molecule has 2 aromatic rings. The fraction of sp³-hybridized carbons (Fsp3) is 0.417. The Labute approximate surface area is 128 Å². The molecule has 8 heteroatoms. The van der Waals surface area contributed by atoms with E-state index in [1.165, 1.54) is 0 Å². The van der Waals surface area contributed by atoms with Gasteiger partial charge in [0.1, 0.15) is 0 Å².